The molecule has 0 radical (unpaired) electrons. The van der Waals surface area contributed by atoms with Gasteiger partial charge in [0.25, 0.3) is 0 Å². The SMILES string of the molecule is COc1ccc2c(c1)OCCC2C(=O)NCC(=O)c1cc2c(c(OC)c1)OC(C)(C)C2. The Kier molecular flexibility index (Phi) is 5.52. The molecule has 2 aromatic rings. The third-order valence-corrected chi connectivity index (χ3v) is 5.67. The van der Waals surface area contributed by atoms with Gasteiger partial charge in [-0.3, -0.25) is 9.59 Å². The minimum absolute atomic E-state index is 0.0894. The first-order valence-corrected chi connectivity index (χ1v) is 10.3. The van der Waals surface area contributed by atoms with Crippen LogP contribution in [0.2, 0.25) is 0 Å². The van der Waals surface area contributed by atoms with E-state index >= 15 is 0 Å². The molecule has 7 nitrogen and oxygen atoms in total. The highest BCUT2D eigenvalue weighted by Crippen LogP contribution is 2.42. The first-order valence-electron chi connectivity index (χ1n) is 10.3. The van der Waals surface area contributed by atoms with Crippen LogP contribution in [-0.2, 0) is 11.2 Å². The predicted octanol–water partition coefficient (Wildman–Crippen LogP) is 3.28. The van der Waals surface area contributed by atoms with E-state index in [-0.39, 0.29) is 29.8 Å². The molecular formula is C24H27NO6. The predicted molar refractivity (Wildman–Crippen MR) is 115 cm³/mol. The molecule has 0 saturated heterocycles. The Hall–Kier alpha value is -3.22. The van der Waals surface area contributed by atoms with E-state index in [1.807, 2.05) is 26.0 Å². The fourth-order valence-electron chi connectivity index (χ4n) is 4.15. The second-order valence-corrected chi connectivity index (χ2v) is 8.44. The number of ketones is 1. The summed E-state index contributed by atoms with van der Waals surface area (Å²) in [7, 11) is 3.14. The molecule has 0 fully saturated rings. The molecule has 2 aliphatic heterocycles. The van der Waals surface area contributed by atoms with Gasteiger partial charge in [0.2, 0.25) is 5.91 Å². The van der Waals surface area contributed by atoms with Gasteiger partial charge < -0.3 is 24.3 Å². The van der Waals surface area contributed by atoms with Crippen molar-refractivity contribution in [2.24, 2.45) is 0 Å². The van der Waals surface area contributed by atoms with Gasteiger partial charge in [0.1, 0.15) is 17.1 Å². The van der Waals surface area contributed by atoms with Crippen LogP contribution in [0.15, 0.2) is 30.3 Å². The summed E-state index contributed by atoms with van der Waals surface area (Å²) in [6.07, 6.45) is 1.24. The summed E-state index contributed by atoms with van der Waals surface area (Å²) in [6.45, 7) is 4.34. The number of hydrogen-bond donors (Lipinski definition) is 1. The summed E-state index contributed by atoms with van der Waals surface area (Å²) in [5.74, 6) is 1.79. The van der Waals surface area contributed by atoms with Gasteiger partial charge in [-0.25, -0.2) is 0 Å². The Labute approximate surface area is 181 Å². The molecule has 0 saturated carbocycles. The monoisotopic (exact) mass is 425 g/mol. The molecule has 31 heavy (non-hydrogen) atoms. The molecule has 2 aromatic carbocycles. The van der Waals surface area contributed by atoms with Crippen molar-refractivity contribution in [2.75, 3.05) is 27.4 Å². The van der Waals surface area contributed by atoms with Gasteiger partial charge in [0.15, 0.2) is 17.3 Å². The van der Waals surface area contributed by atoms with E-state index in [0.717, 1.165) is 11.1 Å². The average molecular weight is 425 g/mol. The second-order valence-electron chi connectivity index (χ2n) is 8.44. The summed E-state index contributed by atoms with van der Waals surface area (Å²) in [4.78, 5) is 25.7. The Morgan fingerprint density at radius 2 is 1.97 bits per heavy atom. The Bertz CT molecular complexity index is 1030. The van der Waals surface area contributed by atoms with Crippen molar-refractivity contribution in [2.45, 2.75) is 38.2 Å². The minimum Gasteiger partial charge on any atom is -0.497 e. The van der Waals surface area contributed by atoms with Crippen molar-refractivity contribution in [3.8, 4) is 23.0 Å². The zero-order valence-corrected chi connectivity index (χ0v) is 18.2. The second kappa shape index (κ2) is 8.13. The lowest BCUT2D eigenvalue weighted by molar-refractivity contribution is -0.123. The van der Waals surface area contributed by atoms with Crippen LogP contribution in [0.25, 0.3) is 0 Å². The molecule has 1 unspecified atom stereocenters. The number of carbonyl (C=O) groups is 2. The van der Waals surface area contributed by atoms with Crippen molar-refractivity contribution in [1.29, 1.82) is 0 Å². The summed E-state index contributed by atoms with van der Waals surface area (Å²) in [6, 6.07) is 8.92. The number of Topliss-reactive ketones (excluding diaryl/α,β-unsaturated/α-hetero) is 1. The van der Waals surface area contributed by atoms with Gasteiger partial charge in [-0.15, -0.1) is 0 Å². The van der Waals surface area contributed by atoms with Gasteiger partial charge in [-0.05, 0) is 38.5 Å². The van der Waals surface area contributed by atoms with Gasteiger partial charge in [-0.1, -0.05) is 6.07 Å². The van der Waals surface area contributed by atoms with E-state index in [1.54, 1.807) is 32.4 Å². The lowest BCUT2D eigenvalue weighted by Crippen LogP contribution is -2.35. The molecule has 0 aliphatic carbocycles. The van der Waals surface area contributed by atoms with E-state index in [1.165, 1.54) is 0 Å². The van der Waals surface area contributed by atoms with Crippen molar-refractivity contribution >= 4 is 11.7 Å². The molecule has 1 atom stereocenters. The lowest BCUT2D eigenvalue weighted by atomic mass is 9.92. The fraction of sp³-hybridized carbons (Fsp3) is 0.417. The van der Waals surface area contributed by atoms with Crippen LogP contribution in [0.3, 0.4) is 0 Å². The number of benzene rings is 2. The summed E-state index contributed by atoms with van der Waals surface area (Å²) < 4.78 is 22.3. The molecule has 7 heteroatoms. The minimum atomic E-state index is -0.369. The fourth-order valence-corrected chi connectivity index (χ4v) is 4.15. The molecule has 4 rings (SSSR count). The Balaban J connectivity index is 1.46. The highest BCUT2D eigenvalue weighted by molar-refractivity contribution is 6.00. The van der Waals surface area contributed by atoms with Crippen LogP contribution in [0.4, 0.5) is 0 Å². The van der Waals surface area contributed by atoms with Crippen molar-refractivity contribution < 1.29 is 28.5 Å². The maximum atomic E-state index is 12.9. The Morgan fingerprint density at radius 1 is 1.16 bits per heavy atom. The number of methoxy groups -OCH3 is 2. The van der Waals surface area contributed by atoms with E-state index in [2.05, 4.69) is 5.32 Å². The van der Waals surface area contributed by atoms with Gasteiger partial charge >= 0.3 is 0 Å². The Morgan fingerprint density at radius 3 is 2.71 bits per heavy atom. The first kappa shape index (κ1) is 21.0. The molecule has 2 heterocycles. The van der Waals surface area contributed by atoms with E-state index in [4.69, 9.17) is 18.9 Å². The highest BCUT2D eigenvalue weighted by Gasteiger charge is 2.34. The maximum Gasteiger partial charge on any atom is 0.228 e. The number of amides is 1. The number of fused-ring (bicyclic) bond motifs is 2. The van der Waals surface area contributed by atoms with E-state index in [9.17, 15) is 9.59 Å². The van der Waals surface area contributed by atoms with Crippen molar-refractivity contribution in [1.82, 2.24) is 5.32 Å². The number of rotatable bonds is 6. The van der Waals surface area contributed by atoms with Gasteiger partial charge in [0, 0.05) is 29.2 Å². The van der Waals surface area contributed by atoms with Crippen LogP contribution < -0.4 is 24.3 Å². The molecule has 0 bridgehead atoms. The molecule has 2 aliphatic rings. The zero-order valence-electron chi connectivity index (χ0n) is 18.2. The van der Waals surface area contributed by atoms with Crippen LogP contribution in [0, 0.1) is 0 Å². The number of ether oxygens (including phenoxy) is 4. The third kappa shape index (κ3) is 4.17. The van der Waals surface area contributed by atoms with E-state index in [0.29, 0.717) is 48.0 Å². The molecule has 0 spiro atoms. The molecule has 164 valence electrons. The highest BCUT2D eigenvalue weighted by atomic mass is 16.5. The van der Waals surface area contributed by atoms with E-state index < -0.39 is 0 Å². The summed E-state index contributed by atoms with van der Waals surface area (Å²) >= 11 is 0. The molecule has 1 amide bonds. The van der Waals surface area contributed by atoms with Crippen molar-refractivity contribution in [3.05, 3.63) is 47.0 Å². The smallest absolute Gasteiger partial charge is 0.228 e. The number of hydrogen-bond acceptors (Lipinski definition) is 6. The van der Waals surface area contributed by atoms with Crippen LogP contribution in [-0.4, -0.2) is 44.7 Å². The standard InChI is InChI=1S/C24H27NO6/c1-24(2)12-15-9-14(10-21(29-4)22(15)31-24)19(26)13-25-23(27)18-7-8-30-20-11-16(28-3)5-6-17(18)20/h5-6,9-11,18H,7-8,12-13H2,1-4H3,(H,25,27). The molecule has 1 N–H and O–H groups in total. The van der Waals surface area contributed by atoms with Crippen LogP contribution in [0.5, 0.6) is 23.0 Å². The summed E-state index contributed by atoms with van der Waals surface area (Å²) in [5, 5.41) is 2.79. The largest absolute Gasteiger partial charge is 0.497 e. The normalized spacial score (nSPS) is 18.1. The zero-order chi connectivity index (χ0) is 22.2. The lowest BCUT2D eigenvalue weighted by Gasteiger charge is -2.25. The number of nitrogens with one attached hydrogen (secondary N) is 1. The molecule has 0 aromatic heterocycles. The van der Waals surface area contributed by atoms with Gasteiger partial charge in [-0.2, -0.15) is 0 Å². The third-order valence-electron chi connectivity index (χ3n) is 5.67. The first-order chi connectivity index (χ1) is 14.8. The van der Waals surface area contributed by atoms with Crippen LogP contribution in [0.1, 0.15) is 47.7 Å². The average Bonchev–Trinajstić information content (AvgIpc) is 3.09. The number of carbonyl (C=O) groups excluding carboxylic acids is 2. The van der Waals surface area contributed by atoms with Crippen molar-refractivity contribution in [3.63, 3.8) is 0 Å². The van der Waals surface area contributed by atoms with Gasteiger partial charge in [0.05, 0.1) is 33.3 Å². The molecular weight excluding hydrogens is 398 g/mol. The van der Waals surface area contributed by atoms with Crippen LogP contribution >= 0.6 is 0 Å². The maximum absolute atomic E-state index is 12.9. The quantitative estimate of drug-likeness (QED) is 0.716. The topological polar surface area (TPSA) is 83.1 Å². The summed E-state index contributed by atoms with van der Waals surface area (Å²) in [5.41, 5.74) is 1.89.